The van der Waals surface area contributed by atoms with Gasteiger partial charge in [-0.3, -0.25) is 9.48 Å². The summed E-state index contributed by atoms with van der Waals surface area (Å²) in [7, 11) is 1.31. The standard InChI is InChI=1S/C11H21N5O3S.ClH/c1-9(11(17)15(3)6-5-12-2)14-20(18,19)10-7-13-16(4)8-10;/h7-9,12,14H,5-6H2,1-4H3;1H. The molecule has 1 unspecified atom stereocenters. The molecule has 1 rings (SSSR count). The number of hydrogen-bond donors (Lipinski definition) is 2. The van der Waals surface area contributed by atoms with Crippen molar-refractivity contribution in [2.45, 2.75) is 17.9 Å². The molecule has 1 aromatic rings. The van der Waals surface area contributed by atoms with Crippen molar-refractivity contribution in [3.8, 4) is 0 Å². The Morgan fingerprint density at radius 2 is 2.14 bits per heavy atom. The number of likely N-dealkylation sites (N-methyl/N-ethyl adjacent to an activating group) is 2. The van der Waals surface area contributed by atoms with Crippen LogP contribution in [0, 0.1) is 0 Å². The Bertz CT molecular complexity index is 560. The van der Waals surface area contributed by atoms with Gasteiger partial charge in [0.15, 0.2) is 0 Å². The highest BCUT2D eigenvalue weighted by atomic mass is 35.5. The van der Waals surface area contributed by atoms with E-state index < -0.39 is 16.1 Å². The van der Waals surface area contributed by atoms with Crippen LogP contribution in [0.15, 0.2) is 17.3 Å². The van der Waals surface area contributed by atoms with Crippen molar-refractivity contribution in [3.63, 3.8) is 0 Å². The molecule has 1 heterocycles. The van der Waals surface area contributed by atoms with E-state index in [0.29, 0.717) is 13.1 Å². The monoisotopic (exact) mass is 339 g/mol. The molecule has 0 aliphatic heterocycles. The summed E-state index contributed by atoms with van der Waals surface area (Å²) in [6.45, 7) is 2.67. The van der Waals surface area contributed by atoms with Crippen LogP contribution in [-0.4, -0.2) is 62.2 Å². The number of carbonyl (C=O) groups is 1. The third-order valence-corrected chi connectivity index (χ3v) is 4.26. The summed E-state index contributed by atoms with van der Waals surface area (Å²) in [5, 5.41) is 6.73. The van der Waals surface area contributed by atoms with Crippen molar-refractivity contribution >= 4 is 28.3 Å². The molecule has 0 aliphatic carbocycles. The Morgan fingerprint density at radius 3 is 2.62 bits per heavy atom. The first-order valence-corrected chi connectivity index (χ1v) is 7.67. The molecule has 2 N–H and O–H groups in total. The van der Waals surface area contributed by atoms with Gasteiger partial charge in [-0.2, -0.15) is 9.82 Å². The molecule has 1 atom stereocenters. The van der Waals surface area contributed by atoms with Crippen LogP contribution in [0.5, 0.6) is 0 Å². The van der Waals surface area contributed by atoms with E-state index in [4.69, 9.17) is 0 Å². The lowest BCUT2D eigenvalue weighted by molar-refractivity contribution is -0.131. The second-order valence-electron chi connectivity index (χ2n) is 4.56. The molecule has 0 aromatic carbocycles. The number of nitrogens with zero attached hydrogens (tertiary/aromatic N) is 3. The van der Waals surface area contributed by atoms with E-state index in [1.807, 2.05) is 0 Å². The van der Waals surface area contributed by atoms with Gasteiger partial charge in [-0.05, 0) is 14.0 Å². The second-order valence-corrected chi connectivity index (χ2v) is 6.27. The fourth-order valence-corrected chi connectivity index (χ4v) is 2.79. The molecule has 0 bridgehead atoms. The molecule has 0 spiro atoms. The lowest BCUT2D eigenvalue weighted by atomic mass is 10.3. The molecule has 8 nitrogen and oxygen atoms in total. The largest absolute Gasteiger partial charge is 0.343 e. The van der Waals surface area contributed by atoms with Gasteiger partial charge < -0.3 is 10.2 Å². The summed E-state index contributed by atoms with van der Waals surface area (Å²) in [6, 6.07) is -0.831. The molecule has 10 heteroatoms. The van der Waals surface area contributed by atoms with Crippen molar-refractivity contribution in [1.82, 2.24) is 24.7 Å². The van der Waals surface area contributed by atoms with Crippen LogP contribution in [0.1, 0.15) is 6.92 Å². The molecular formula is C11H22ClN5O3S. The van der Waals surface area contributed by atoms with E-state index in [2.05, 4.69) is 15.1 Å². The maximum absolute atomic E-state index is 12.0. The van der Waals surface area contributed by atoms with Gasteiger partial charge in [0.25, 0.3) is 0 Å². The molecule has 0 saturated carbocycles. The fourth-order valence-electron chi connectivity index (χ4n) is 1.61. The lowest BCUT2D eigenvalue weighted by Gasteiger charge is -2.21. The SMILES string of the molecule is CNCCN(C)C(=O)C(C)NS(=O)(=O)c1cnn(C)c1.Cl. The number of amides is 1. The topological polar surface area (TPSA) is 96.3 Å². The quantitative estimate of drug-likeness (QED) is 0.677. The van der Waals surface area contributed by atoms with E-state index in [0.717, 1.165) is 0 Å². The Kier molecular flexibility index (Phi) is 7.86. The number of hydrogen-bond acceptors (Lipinski definition) is 5. The summed E-state index contributed by atoms with van der Waals surface area (Å²) in [6.07, 6.45) is 2.62. The smallest absolute Gasteiger partial charge is 0.244 e. The number of aromatic nitrogens is 2. The summed E-state index contributed by atoms with van der Waals surface area (Å²) >= 11 is 0. The zero-order valence-electron chi connectivity index (χ0n) is 12.5. The van der Waals surface area contributed by atoms with Gasteiger partial charge in [0.1, 0.15) is 4.90 Å². The van der Waals surface area contributed by atoms with E-state index in [9.17, 15) is 13.2 Å². The Hall–Kier alpha value is -1.16. The molecule has 1 amide bonds. The van der Waals surface area contributed by atoms with Crippen LogP contribution in [-0.2, 0) is 21.9 Å². The summed E-state index contributed by atoms with van der Waals surface area (Å²) in [5.41, 5.74) is 0. The summed E-state index contributed by atoms with van der Waals surface area (Å²) < 4.78 is 27.8. The minimum absolute atomic E-state index is 0. The Morgan fingerprint density at radius 1 is 1.52 bits per heavy atom. The van der Waals surface area contributed by atoms with Crippen LogP contribution in [0.4, 0.5) is 0 Å². The van der Waals surface area contributed by atoms with Gasteiger partial charge in [-0.1, -0.05) is 0 Å². The first-order valence-electron chi connectivity index (χ1n) is 6.18. The Balaban J connectivity index is 0.00000400. The van der Waals surface area contributed by atoms with Gasteiger partial charge in [0, 0.05) is 33.4 Å². The highest BCUT2D eigenvalue weighted by Gasteiger charge is 2.24. The fraction of sp³-hybridized carbons (Fsp3) is 0.636. The van der Waals surface area contributed by atoms with Gasteiger partial charge >= 0.3 is 0 Å². The van der Waals surface area contributed by atoms with E-state index in [-0.39, 0.29) is 23.2 Å². The van der Waals surface area contributed by atoms with Gasteiger partial charge in [0.2, 0.25) is 15.9 Å². The first-order chi connectivity index (χ1) is 9.27. The molecule has 1 aromatic heterocycles. The van der Waals surface area contributed by atoms with Gasteiger partial charge in [-0.25, -0.2) is 8.42 Å². The predicted molar refractivity (Wildman–Crippen MR) is 81.8 cm³/mol. The third kappa shape index (κ3) is 5.62. The van der Waals surface area contributed by atoms with Crippen molar-refractivity contribution in [2.24, 2.45) is 7.05 Å². The van der Waals surface area contributed by atoms with Crippen molar-refractivity contribution in [3.05, 3.63) is 12.4 Å². The third-order valence-electron chi connectivity index (χ3n) is 2.77. The number of halogens is 1. The average Bonchev–Trinajstić information content (AvgIpc) is 2.82. The minimum atomic E-state index is -3.73. The maximum atomic E-state index is 12.0. The number of aryl methyl sites for hydroxylation is 1. The lowest BCUT2D eigenvalue weighted by Crippen LogP contribution is -2.46. The highest BCUT2D eigenvalue weighted by molar-refractivity contribution is 7.89. The van der Waals surface area contributed by atoms with Gasteiger partial charge in [0.05, 0.1) is 12.2 Å². The first kappa shape index (κ1) is 19.8. The second kappa shape index (κ2) is 8.32. The van der Waals surface area contributed by atoms with Crippen LogP contribution >= 0.6 is 12.4 Å². The number of nitrogens with one attached hydrogen (secondary N) is 2. The molecule has 0 fully saturated rings. The molecule has 21 heavy (non-hydrogen) atoms. The minimum Gasteiger partial charge on any atom is -0.343 e. The zero-order valence-corrected chi connectivity index (χ0v) is 14.2. The Labute approximate surface area is 131 Å². The van der Waals surface area contributed by atoms with Crippen LogP contribution < -0.4 is 10.0 Å². The van der Waals surface area contributed by atoms with Crippen LogP contribution in [0.3, 0.4) is 0 Å². The van der Waals surface area contributed by atoms with E-state index in [1.165, 1.54) is 28.9 Å². The molecule has 0 aliphatic rings. The molecular weight excluding hydrogens is 318 g/mol. The number of sulfonamides is 1. The molecule has 0 radical (unpaired) electrons. The van der Waals surface area contributed by atoms with Crippen LogP contribution in [0.25, 0.3) is 0 Å². The zero-order chi connectivity index (χ0) is 15.3. The maximum Gasteiger partial charge on any atom is 0.244 e. The number of rotatable bonds is 7. The molecule has 122 valence electrons. The average molecular weight is 340 g/mol. The van der Waals surface area contributed by atoms with E-state index >= 15 is 0 Å². The van der Waals surface area contributed by atoms with Gasteiger partial charge in [-0.15, -0.1) is 12.4 Å². The van der Waals surface area contributed by atoms with Crippen molar-refractivity contribution < 1.29 is 13.2 Å². The summed E-state index contributed by atoms with van der Waals surface area (Å²) in [4.78, 5) is 13.5. The highest BCUT2D eigenvalue weighted by Crippen LogP contribution is 2.07. The van der Waals surface area contributed by atoms with Crippen molar-refractivity contribution in [2.75, 3.05) is 27.2 Å². The van der Waals surface area contributed by atoms with E-state index in [1.54, 1.807) is 21.1 Å². The summed E-state index contributed by atoms with van der Waals surface area (Å²) in [5.74, 6) is -0.285. The number of carbonyl (C=O) groups excluding carboxylic acids is 1. The van der Waals surface area contributed by atoms with Crippen LogP contribution in [0.2, 0.25) is 0 Å². The van der Waals surface area contributed by atoms with Crippen molar-refractivity contribution in [1.29, 1.82) is 0 Å². The normalized spacial score (nSPS) is 12.6. The predicted octanol–water partition coefficient (Wildman–Crippen LogP) is -0.813. The molecule has 0 saturated heterocycles.